The Bertz CT molecular complexity index is 340. The predicted octanol–water partition coefficient (Wildman–Crippen LogP) is 0.966. The average Bonchev–Trinajstić information content (AvgIpc) is 2.62. The van der Waals surface area contributed by atoms with E-state index in [2.05, 4.69) is 0 Å². The minimum Gasteiger partial charge on any atom is -0.447 e. The molecule has 0 aliphatic carbocycles. The highest BCUT2D eigenvalue weighted by Gasteiger charge is 2.31. The number of carbonyl (C=O) groups is 1. The third-order valence-electron chi connectivity index (χ3n) is 2.54. The summed E-state index contributed by atoms with van der Waals surface area (Å²) in [5.41, 5.74) is 6.66. The van der Waals surface area contributed by atoms with Gasteiger partial charge in [-0.25, -0.2) is 4.79 Å². The number of hydrogen-bond donors (Lipinski definition) is 1. The SMILES string of the molecule is NCC1COC(=O)N1Cc1ccccc1. The summed E-state index contributed by atoms with van der Waals surface area (Å²) < 4.78 is 4.95. The first-order valence-corrected chi connectivity index (χ1v) is 4.98. The van der Waals surface area contributed by atoms with Crippen LogP contribution < -0.4 is 5.73 Å². The minimum atomic E-state index is -0.269. The Morgan fingerprint density at radius 1 is 1.40 bits per heavy atom. The Balaban J connectivity index is 2.07. The molecule has 1 atom stereocenters. The summed E-state index contributed by atoms with van der Waals surface area (Å²) in [5.74, 6) is 0. The minimum absolute atomic E-state index is 0.0118. The molecule has 0 radical (unpaired) electrons. The van der Waals surface area contributed by atoms with Gasteiger partial charge in [0.05, 0.1) is 6.04 Å². The van der Waals surface area contributed by atoms with Gasteiger partial charge in [-0.1, -0.05) is 30.3 Å². The lowest BCUT2D eigenvalue weighted by molar-refractivity contribution is 0.156. The number of benzene rings is 1. The molecule has 0 saturated carbocycles. The number of carbonyl (C=O) groups excluding carboxylic acids is 1. The molecule has 15 heavy (non-hydrogen) atoms. The van der Waals surface area contributed by atoms with Gasteiger partial charge in [0.2, 0.25) is 0 Å². The van der Waals surface area contributed by atoms with Gasteiger partial charge in [0, 0.05) is 13.1 Å². The topological polar surface area (TPSA) is 55.6 Å². The van der Waals surface area contributed by atoms with Crippen LogP contribution in [0.3, 0.4) is 0 Å². The highest BCUT2D eigenvalue weighted by atomic mass is 16.6. The van der Waals surface area contributed by atoms with Crippen LogP contribution in [0.1, 0.15) is 5.56 Å². The maximum Gasteiger partial charge on any atom is 0.410 e. The second kappa shape index (κ2) is 4.31. The lowest BCUT2D eigenvalue weighted by atomic mass is 10.2. The zero-order valence-corrected chi connectivity index (χ0v) is 8.43. The summed E-state index contributed by atoms with van der Waals surface area (Å²) in [6, 6.07) is 9.84. The van der Waals surface area contributed by atoms with Gasteiger partial charge in [-0.05, 0) is 5.56 Å². The van der Waals surface area contributed by atoms with Crippen molar-refractivity contribution >= 4 is 6.09 Å². The van der Waals surface area contributed by atoms with Gasteiger partial charge in [0.25, 0.3) is 0 Å². The normalized spacial score (nSPS) is 20.5. The number of cyclic esters (lactones) is 1. The number of rotatable bonds is 3. The smallest absolute Gasteiger partial charge is 0.410 e. The standard InChI is InChI=1S/C11H14N2O2/c12-6-10-8-15-11(14)13(10)7-9-4-2-1-3-5-9/h1-5,10H,6-8,12H2. The van der Waals surface area contributed by atoms with Crippen LogP contribution >= 0.6 is 0 Å². The van der Waals surface area contributed by atoms with Gasteiger partial charge >= 0.3 is 6.09 Å². The van der Waals surface area contributed by atoms with E-state index in [1.807, 2.05) is 30.3 Å². The average molecular weight is 206 g/mol. The molecule has 80 valence electrons. The third kappa shape index (κ3) is 2.10. The van der Waals surface area contributed by atoms with Gasteiger partial charge in [-0.15, -0.1) is 0 Å². The second-order valence-electron chi connectivity index (χ2n) is 3.58. The van der Waals surface area contributed by atoms with Gasteiger partial charge in [-0.2, -0.15) is 0 Å². The molecule has 2 rings (SSSR count). The van der Waals surface area contributed by atoms with Crippen LogP contribution in [-0.2, 0) is 11.3 Å². The lowest BCUT2D eigenvalue weighted by Crippen LogP contribution is -2.38. The highest BCUT2D eigenvalue weighted by Crippen LogP contribution is 2.15. The predicted molar refractivity (Wildman–Crippen MR) is 56.2 cm³/mol. The van der Waals surface area contributed by atoms with Crippen LogP contribution in [0.4, 0.5) is 4.79 Å². The number of nitrogens with two attached hydrogens (primary N) is 1. The fraction of sp³-hybridized carbons (Fsp3) is 0.364. The number of hydrogen-bond acceptors (Lipinski definition) is 3. The van der Waals surface area contributed by atoms with Crippen LogP contribution in [0.5, 0.6) is 0 Å². The summed E-state index contributed by atoms with van der Waals surface area (Å²) in [7, 11) is 0. The zero-order valence-electron chi connectivity index (χ0n) is 8.43. The molecule has 1 aliphatic heterocycles. The molecule has 1 saturated heterocycles. The van der Waals surface area contributed by atoms with Gasteiger partial charge in [-0.3, -0.25) is 4.90 Å². The fourth-order valence-electron chi connectivity index (χ4n) is 1.66. The molecule has 0 spiro atoms. The molecule has 0 aromatic heterocycles. The molecule has 0 bridgehead atoms. The molecule has 1 heterocycles. The molecule has 1 fully saturated rings. The molecule has 1 aliphatic rings. The van der Waals surface area contributed by atoms with Crippen molar-refractivity contribution in [3.05, 3.63) is 35.9 Å². The highest BCUT2D eigenvalue weighted by molar-refractivity contribution is 5.70. The van der Waals surface area contributed by atoms with Gasteiger partial charge < -0.3 is 10.5 Å². The molecule has 2 N–H and O–H groups in total. The third-order valence-corrected chi connectivity index (χ3v) is 2.54. The summed E-state index contributed by atoms with van der Waals surface area (Å²) in [4.78, 5) is 13.1. The van der Waals surface area contributed by atoms with Crippen molar-refractivity contribution in [3.63, 3.8) is 0 Å². The molecule has 1 aromatic carbocycles. The van der Waals surface area contributed by atoms with Crippen LogP contribution in [0.25, 0.3) is 0 Å². The zero-order chi connectivity index (χ0) is 10.7. The van der Waals surface area contributed by atoms with Crippen molar-refractivity contribution < 1.29 is 9.53 Å². The fourth-order valence-corrected chi connectivity index (χ4v) is 1.66. The van der Waals surface area contributed by atoms with E-state index in [9.17, 15) is 4.79 Å². The van der Waals surface area contributed by atoms with E-state index in [0.717, 1.165) is 5.56 Å². The van der Waals surface area contributed by atoms with Crippen molar-refractivity contribution in [1.82, 2.24) is 4.90 Å². The monoisotopic (exact) mass is 206 g/mol. The van der Waals surface area contributed by atoms with Gasteiger partial charge in [0.15, 0.2) is 0 Å². The quantitative estimate of drug-likeness (QED) is 0.801. The van der Waals surface area contributed by atoms with Crippen LogP contribution in [0, 0.1) is 0 Å². The van der Waals surface area contributed by atoms with Crippen molar-refractivity contribution in [2.75, 3.05) is 13.2 Å². The van der Waals surface area contributed by atoms with E-state index in [1.54, 1.807) is 4.90 Å². The molecule has 1 aromatic rings. The van der Waals surface area contributed by atoms with Gasteiger partial charge in [0.1, 0.15) is 6.61 Å². The molecule has 4 nitrogen and oxygen atoms in total. The summed E-state index contributed by atoms with van der Waals surface area (Å²) in [6.45, 7) is 1.42. The van der Waals surface area contributed by atoms with Crippen molar-refractivity contribution in [2.45, 2.75) is 12.6 Å². The van der Waals surface area contributed by atoms with E-state index in [4.69, 9.17) is 10.5 Å². The Hall–Kier alpha value is -1.55. The van der Waals surface area contributed by atoms with E-state index < -0.39 is 0 Å². The Morgan fingerprint density at radius 3 is 2.80 bits per heavy atom. The first kappa shape index (κ1) is 9.98. The number of nitrogens with zero attached hydrogens (tertiary/aromatic N) is 1. The lowest BCUT2D eigenvalue weighted by Gasteiger charge is -2.19. The largest absolute Gasteiger partial charge is 0.447 e. The first-order valence-electron chi connectivity index (χ1n) is 4.98. The van der Waals surface area contributed by atoms with E-state index in [-0.39, 0.29) is 12.1 Å². The maximum atomic E-state index is 11.4. The molecule has 1 amide bonds. The number of ether oxygens (including phenoxy) is 1. The van der Waals surface area contributed by atoms with E-state index in [1.165, 1.54) is 0 Å². The summed E-state index contributed by atoms with van der Waals surface area (Å²) >= 11 is 0. The Kier molecular flexibility index (Phi) is 2.87. The molecule has 1 unspecified atom stereocenters. The summed E-state index contributed by atoms with van der Waals surface area (Å²) in [5, 5.41) is 0. The van der Waals surface area contributed by atoms with Crippen LogP contribution in [0.15, 0.2) is 30.3 Å². The number of amides is 1. The summed E-state index contributed by atoms with van der Waals surface area (Å²) in [6.07, 6.45) is -0.269. The van der Waals surface area contributed by atoms with Crippen LogP contribution in [0.2, 0.25) is 0 Å². The van der Waals surface area contributed by atoms with Crippen molar-refractivity contribution in [3.8, 4) is 0 Å². The molecule has 4 heteroatoms. The second-order valence-corrected chi connectivity index (χ2v) is 3.58. The van der Waals surface area contributed by atoms with Crippen LogP contribution in [-0.4, -0.2) is 30.2 Å². The maximum absolute atomic E-state index is 11.4. The first-order chi connectivity index (χ1) is 7.31. The van der Waals surface area contributed by atoms with Crippen molar-refractivity contribution in [2.24, 2.45) is 5.73 Å². The molecular formula is C11H14N2O2. The molecular weight excluding hydrogens is 192 g/mol. The Morgan fingerprint density at radius 2 is 2.13 bits per heavy atom. The van der Waals surface area contributed by atoms with Crippen molar-refractivity contribution in [1.29, 1.82) is 0 Å². The van der Waals surface area contributed by atoms with E-state index in [0.29, 0.717) is 19.7 Å². The van der Waals surface area contributed by atoms with E-state index >= 15 is 0 Å². The Labute approximate surface area is 88.6 Å².